The van der Waals surface area contributed by atoms with Crippen molar-refractivity contribution in [1.29, 1.82) is 0 Å². The highest BCUT2D eigenvalue weighted by Gasteiger charge is 2.46. The second kappa shape index (κ2) is 11.3. The second-order valence-electron chi connectivity index (χ2n) is 9.10. The van der Waals surface area contributed by atoms with Crippen molar-refractivity contribution in [2.45, 2.75) is 76.5 Å². The van der Waals surface area contributed by atoms with E-state index >= 15 is 0 Å². The minimum atomic E-state index is -1.29. The predicted octanol–water partition coefficient (Wildman–Crippen LogP) is 1.69. The van der Waals surface area contributed by atoms with Crippen LogP contribution in [-0.4, -0.2) is 61.0 Å². The third-order valence-electron chi connectivity index (χ3n) is 6.59. The molecule has 2 atom stereocenters. The normalized spacial score (nSPS) is 18.4. The first-order chi connectivity index (χ1) is 17.4. The van der Waals surface area contributed by atoms with Gasteiger partial charge in [-0.3, -0.25) is 34.1 Å². The zero-order valence-corrected chi connectivity index (χ0v) is 19.9. The van der Waals surface area contributed by atoms with E-state index in [1.807, 2.05) is 0 Å². The molecular formula is C25H29N5O6. The van der Waals surface area contributed by atoms with Crippen molar-refractivity contribution in [3.05, 3.63) is 46.8 Å². The molecule has 0 aliphatic carbocycles. The van der Waals surface area contributed by atoms with Crippen LogP contribution in [0.2, 0.25) is 0 Å². The van der Waals surface area contributed by atoms with Crippen LogP contribution in [0.25, 0.3) is 0 Å². The Bertz CT molecular complexity index is 1180. The molecule has 0 saturated carbocycles. The highest BCUT2D eigenvalue weighted by atomic mass is 16.3. The molecule has 0 bridgehead atoms. The molecule has 2 unspecified atom stereocenters. The first-order valence-electron chi connectivity index (χ1n) is 12.3. The number of aryl methyl sites for hydroxylation is 1. The van der Waals surface area contributed by atoms with E-state index in [1.54, 1.807) is 23.0 Å². The highest BCUT2D eigenvalue weighted by Crippen LogP contribution is 2.34. The van der Waals surface area contributed by atoms with E-state index < -0.39 is 35.8 Å². The number of aliphatic hydroxyl groups is 1. The van der Waals surface area contributed by atoms with Crippen LogP contribution in [0.4, 0.5) is 0 Å². The molecule has 3 heterocycles. The Hall–Kier alpha value is -3.73. The first-order valence-corrected chi connectivity index (χ1v) is 12.3. The largest absolute Gasteiger partial charge is 0.382 e. The number of aldehydes is 1. The molecule has 1 aromatic heterocycles. The monoisotopic (exact) mass is 495 g/mol. The van der Waals surface area contributed by atoms with Gasteiger partial charge in [0.05, 0.1) is 17.3 Å². The van der Waals surface area contributed by atoms with Crippen molar-refractivity contribution in [3.8, 4) is 0 Å². The van der Waals surface area contributed by atoms with Crippen molar-refractivity contribution in [2.24, 2.45) is 0 Å². The fourth-order valence-electron chi connectivity index (χ4n) is 4.68. The molecule has 36 heavy (non-hydrogen) atoms. The number of benzene rings is 1. The van der Waals surface area contributed by atoms with Gasteiger partial charge < -0.3 is 9.90 Å². The molecule has 11 nitrogen and oxygen atoms in total. The van der Waals surface area contributed by atoms with E-state index in [9.17, 15) is 29.1 Å². The van der Waals surface area contributed by atoms with Crippen molar-refractivity contribution >= 4 is 29.9 Å². The number of fused-ring (bicyclic) bond motifs is 1. The minimum absolute atomic E-state index is 0.0303. The van der Waals surface area contributed by atoms with Gasteiger partial charge in [0, 0.05) is 24.9 Å². The summed E-state index contributed by atoms with van der Waals surface area (Å²) in [5.41, 5.74) is 0.589. The quantitative estimate of drug-likeness (QED) is 0.256. The van der Waals surface area contributed by atoms with Crippen LogP contribution in [0.3, 0.4) is 0 Å². The number of aliphatic hydroxyl groups excluding tert-OH is 1. The molecule has 4 amide bonds. The number of nitrogens with one attached hydrogen (secondary N) is 1. The molecule has 0 radical (unpaired) electrons. The summed E-state index contributed by atoms with van der Waals surface area (Å²) in [5, 5.41) is 21.3. The SMILES string of the molecule is O=CCCCCCCCCn1cc(C(O)c2cccc3c2C(=O)N(C2CCC(=O)NC2=O)C3=O)nn1. The lowest BCUT2D eigenvalue weighted by atomic mass is 9.97. The van der Waals surface area contributed by atoms with Gasteiger partial charge in [0.1, 0.15) is 24.1 Å². The zero-order valence-electron chi connectivity index (χ0n) is 19.9. The number of carbonyl (C=O) groups excluding carboxylic acids is 5. The smallest absolute Gasteiger partial charge is 0.262 e. The lowest BCUT2D eigenvalue weighted by Gasteiger charge is -2.27. The summed E-state index contributed by atoms with van der Waals surface area (Å²) in [7, 11) is 0. The number of hydrogen-bond acceptors (Lipinski definition) is 8. The van der Waals surface area contributed by atoms with Gasteiger partial charge in [0.15, 0.2) is 0 Å². The molecule has 2 aromatic rings. The third kappa shape index (κ3) is 5.25. The third-order valence-corrected chi connectivity index (χ3v) is 6.59. The number of piperidine rings is 1. The maximum absolute atomic E-state index is 13.3. The van der Waals surface area contributed by atoms with Crippen LogP contribution in [-0.2, 0) is 20.9 Å². The van der Waals surface area contributed by atoms with Gasteiger partial charge in [0.25, 0.3) is 11.8 Å². The Morgan fingerprint density at radius 2 is 1.81 bits per heavy atom. The molecule has 2 aliphatic heterocycles. The average molecular weight is 496 g/mol. The molecule has 1 saturated heterocycles. The summed E-state index contributed by atoms with van der Waals surface area (Å²) < 4.78 is 1.64. The minimum Gasteiger partial charge on any atom is -0.382 e. The first kappa shape index (κ1) is 25.4. The van der Waals surface area contributed by atoms with Gasteiger partial charge in [-0.05, 0) is 25.3 Å². The summed E-state index contributed by atoms with van der Waals surface area (Å²) in [6, 6.07) is 3.52. The average Bonchev–Trinajstić information content (AvgIpc) is 3.44. The predicted molar refractivity (Wildman–Crippen MR) is 126 cm³/mol. The highest BCUT2D eigenvalue weighted by molar-refractivity contribution is 6.24. The van der Waals surface area contributed by atoms with E-state index in [-0.39, 0.29) is 35.2 Å². The zero-order chi connectivity index (χ0) is 25.7. The number of carbonyl (C=O) groups is 5. The van der Waals surface area contributed by atoms with E-state index in [1.165, 1.54) is 6.07 Å². The number of aromatic nitrogens is 3. The van der Waals surface area contributed by atoms with E-state index in [4.69, 9.17) is 0 Å². The number of unbranched alkanes of at least 4 members (excludes halogenated alkanes) is 6. The maximum atomic E-state index is 13.3. The number of hydrogen-bond donors (Lipinski definition) is 2. The molecule has 1 aromatic carbocycles. The van der Waals surface area contributed by atoms with Crippen LogP contribution in [0, 0.1) is 0 Å². The van der Waals surface area contributed by atoms with Gasteiger partial charge in [0.2, 0.25) is 11.8 Å². The molecule has 190 valence electrons. The Morgan fingerprint density at radius 3 is 2.56 bits per heavy atom. The van der Waals surface area contributed by atoms with Crippen LogP contribution in [0.15, 0.2) is 24.4 Å². The topological polar surface area (TPSA) is 152 Å². The van der Waals surface area contributed by atoms with Crippen LogP contribution in [0.1, 0.15) is 95.9 Å². The molecule has 2 aliphatic rings. The summed E-state index contributed by atoms with van der Waals surface area (Å²) in [6.45, 7) is 0.627. The van der Waals surface area contributed by atoms with Gasteiger partial charge in [-0.1, -0.05) is 43.0 Å². The van der Waals surface area contributed by atoms with Crippen molar-refractivity contribution < 1.29 is 29.1 Å². The summed E-state index contributed by atoms with van der Waals surface area (Å²) >= 11 is 0. The molecular weight excluding hydrogens is 466 g/mol. The number of nitrogens with zero attached hydrogens (tertiary/aromatic N) is 4. The van der Waals surface area contributed by atoms with E-state index in [0.29, 0.717) is 13.0 Å². The van der Waals surface area contributed by atoms with Crippen molar-refractivity contribution in [1.82, 2.24) is 25.2 Å². The lowest BCUT2D eigenvalue weighted by molar-refractivity contribution is -0.136. The second-order valence-corrected chi connectivity index (χ2v) is 9.10. The van der Waals surface area contributed by atoms with Crippen LogP contribution >= 0.6 is 0 Å². The van der Waals surface area contributed by atoms with Crippen molar-refractivity contribution in [2.75, 3.05) is 0 Å². The van der Waals surface area contributed by atoms with Crippen LogP contribution < -0.4 is 5.32 Å². The number of amides is 4. The maximum Gasteiger partial charge on any atom is 0.262 e. The van der Waals surface area contributed by atoms with Gasteiger partial charge >= 0.3 is 0 Å². The summed E-state index contributed by atoms with van der Waals surface area (Å²) in [6.07, 6.45) is 8.00. The Morgan fingerprint density at radius 1 is 1.06 bits per heavy atom. The molecule has 0 spiro atoms. The molecule has 11 heteroatoms. The summed E-state index contributed by atoms with van der Waals surface area (Å²) in [4.78, 5) is 61.3. The lowest BCUT2D eigenvalue weighted by Crippen LogP contribution is -2.54. The van der Waals surface area contributed by atoms with Crippen molar-refractivity contribution in [3.63, 3.8) is 0 Å². The van der Waals surface area contributed by atoms with E-state index in [0.717, 1.165) is 49.7 Å². The fourth-order valence-corrected chi connectivity index (χ4v) is 4.68. The Labute approximate surface area is 207 Å². The number of rotatable bonds is 12. The fraction of sp³-hybridized carbons (Fsp3) is 0.480. The van der Waals surface area contributed by atoms with Gasteiger partial charge in [-0.15, -0.1) is 5.10 Å². The van der Waals surface area contributed by atoms with Gasteiger partial charge in [-0.25, -0.2) is 0 Å². The Balaban J connectivity index is 1.41. The van der Waals surface area contributed by atoms with Crippen LogP contribution in [0.5, 0.6) is 0 Å². The van der Waals surface area contributed by atoms with Gasteiger partial charge in [-0.2, -0.15) is 0 Å². The molecule has 4 rings (SSSR count). The summed E-state index contributed by atoms with van der Waals surface area (Å²) in [5.74, 6) is -2.44. The van der Waals surface area contributed by atoms with E-state index in [2.05, 4.69) is 15.6 Å². The molecule has 2 N–H and O–H groups in total. The number of imide groups is 2. The standard InChI is InChI=1S/C25H29N5O6/c31-14-7-5-3-1-2-4-6-13-29-15-18(27-28-29)22(33)16-9-8-10-17-21(16)25(36)30(24(17)35)19-11-12-20(32)26-23(19)34/h8-10,14-15,19,22,33H,1-7,11-13H2,(H,26,32,34). The molecule has 1 fully saturated rings. The Kier molecular flexibility index (Phi) is 7.99.